The third kappa shape index (κ3) is 7.04. The Balaban J connectivity index is 1.34. The van der Waals surface area contributed by atoms with Crippen molar-refractivity contribution in [2.45, 2.75) is 76.5 Å². The molecule has 2 aliphatic rings. The number of carboxylic acids is 1. The van der Waals surface area contributed by atoms with Gasteiger partial charge in [0.2, 0.25) is 0 Å². The molecule has 0 unspecified atom stereocenters. The Kier molecular flexibility index (Phi) is 9.35. The van der Waals surface area contributed by atoms with E-state index in [2.05, 4.69) is 59.5 Å². The Morgan fingerprint density at radius 1 is 0.912 bits per heavy atom. The van der Waals surface area contributed by atoms with Gasteiger partial charge in [-0.3, -0.25) is 4.79 Å². The van der Waals surface area contributed by atoms with Crippen LogP contribution >= 0.6 is 0 Å². The lowest BCUT2D eigenvalue weighted by Gasteiger charge is -2.37. The number of nitrogens with zero attached hydrogens (tertiary/aromatic N) is 1. The van der Waals surface area contributed by atoms with Gasteiger partial charge in [-0.2, -0.15) is 0 Å². The summed E-state index contributed by atoms with van der Waals surface area (Å²) in [6.45, 7) is 3.12. The van der Waals surface area contributed by atoms with Crippen LogP contribution in [0, 0.1) is 5.92 Å². The van der Waals surface area contributed by atoms with Gasteiger partial charge >= 0.3 is 5.97 Å². The summed E-state index contributed by atoms with van der Waals surface area (Å²) in [7, 11) is 0. The third-order valence-electron chi connectivity index (χ3n) is 7.46. The lowest BCUT2D eigenvalue weighted by molar-refractivity contribution is -0.136. The zero-order valence-corrected chi connectivity index (χ0v) is 20.3. The molecule has 1 saturated heterocycles. The minimum Gasteiger partial charge on any atom is -0.481 e. The highest BCUT2D eigenvalue weighted by Crippen LogP contribution is 2.37. The van der Waals surface area contributed by atoms with Gasteiger partial charge in [-0.05, 0) is 74.7 Å². The normalized spacial score (nSPS) is 23.5. The van der Waals surface area contributed by atoms with E-state index < -0.39 is 5.97 Å². The molecule has 3 atom stereocenters. The summed E-state index contributed by atoms with van der Waals surface area (Å²) in [5, 5.41) is 8.83. The second kappa shape index (κ2) is 12.9. The van der Waals surface area contributed by atoms with Crippen LogP contribution in [0.15, 0.2) is 66.7 Å². The molecule has 4 rings (SSSR count). The van der Waals surface area contributed by atoms with Crippen LogP contribution in [-0.2, 0) is 16.1 Å². The van der Waals surface area contributed by atoms with Crippen LogP contribution in [0.25, 0.3) is 11.1 Å². The fourth-order valence-corrected chi connectivity index (χ4v) is 5.66. The molecule has 34 heavy (non-hydrogen) atoms. The maximum atomic E-state index is 10.7. The molecule has 2 aromatic rings. The molecule has 1 heterocycles. The number of allylic oxidation sites excluding steroid dienone is 2. The van der Waals surface area contributed by atoms with E-state index >= 15 is 0 Å². The van der Waals surface area contributed by atoms with Crippen LogP contribution in [0.4, 0.5) is 0 Å². The van der Waals surface area contributed by atoms with Crippen LogP contribution in [0.2, 0.25) is 0 Å². The van der Waals surface area contributed by atoms with E-state index in [0.717, 1.165) is 19.3 Å². The fraction of sp³-hybridized carbons (Fsp3) is 0.500. The van der Waals surface area contributed by atoms with Gasteiger partial charge in [-0.25, -0.2) is 0 Å². The van der Waals surface area contributed by atoms with E-state index in [9.17, 15) is 4.79 Å². The second-order valence-electron chi connectivity index (χ2n) is 9.80. The highest BCUT2D eigenvalue weighted by atomic mass is 16.5. The molecule has 1 aliphatic heterocycles. The average molecular weight is 462 g/mol. The molecule has 182 valence electrons. The maximum Gasteiger partial charge on any atom is 0.303 e. The lowest BCUT2D eigenvalue weighted by Crippen LogP contribution is -2.43. The van der Waals surface area contributed by atoms with E-state index in [-0.39, 0.29) is 6.42 Å². The number of carboxylic acid groups (broad SMARTS) is 1. The maximum absolute atomic E-state index is 10.7. The Bertz CT molecular complexity index is 902. The van der Waals surface area contributed by atoms with Gasteiger partial charge in [0.1, 0.15) is 0 Å². The number of piperidine rings is 1. The summed E-state index contributed by atoms with van der Waals surface area (Å²) in [4.78, 5) is 13.4. The molecule has 0 bridgehead atoms. The number of carbonyl (C=O) groups is 1. The van der Waals surface area contributed by atoms with E-state index in [1.165, 1.54) is 55.5 Å². The van der Waals surface area contributed by atoms with E-state index in [1.807, 2.05) is 12.1 Å². The first-order valence-electron chi connectivity index (χ1n) is 13.1. The summed E-state index contributed by atoms with van der Waals surface area (Å²) in [5.74, 6) is -0.179. The summed E-state index contributed by atoms with van der Waals surface area (Å²) in [6.07, 6.45) is 13.8. The van der Waals surface area contributed by atoms with Crippen LogP contribution < -0.4 is 0 Å². The predicted molar refractivity (Wildman–Crippen MR) is 138 cm³/mol. The fourth-order valence-electron chi connectivity index (χ4n) is 5.66. The van der Waals surface area contributed by atoms with Crippen molar-refractivity contribution in [1.82, 2.24) is 4.90 Å². The molecular formula is C30H39NO3. The first-order chi connectivity index (χ1) is 16.7. The number of rotatable bonds is 11. The lowest BCUT2D eigenvalue weighted by atomic mass is 9.93. The van der Waals surface area contributed by atoms with Crippen LogP contribution in [0.1, 0.15) is 63.4 Å². The van der Waals surface area contributed by atoms with Gasteiger partial charge in [0.05, 0.1) is 12.7 Å². The molecule has 2 fully saturated rings. The zero-order valence-electron chi connectivity index (χ0n) is 20.3. The van der Waals surface area contributed by atoms with Crippen molar-refractivity contribution in [2.75, 3.05) is 13.1 Å². The van der Waals surface area contributed by atoms with Crippen molar-refractivity contribution in [2.24, 2.45) is 5.92 Å². The van der Waals surface area contributed by atoms with Crippen molar-refractivity contribution >= 4 is 5.97 Å². The monoisotopic (exact) mass is 461 g/mol. The quantitative estimate of drug-likeness (QED) is 0.378. The van der Waals surface area contributed by atoms with Crippen molar-refractivity contribution < 1.29 is 14.6 Å². The molecule has 0 radical (unpaired) electrons. The predicted octanol–water partition coefficient (Wildman–Crippen LogP) is 6.70. The Morgan fingerprint density at radius 3 is 2.35 bits per heavy atom. The Labute approximate surface area is 204 Å². The minimum absolute atomic E-state index is 0.213. The van der Waals surface area contributed by atoms with Crippen molar-refractivity contribution in [3.05, 3.63) is 72.3 Å². The third-order valence-corrected chi connectivity index (χ3v) is 7.46. The molecule has 2 aromatic carbocycles. The van der Waals surface area contributed by atoms with Gasteiger partial charge in [-0.1, -0.05) is 73.2 Å². The molecular weight excluding hydrogens is 422 g/mol. The Hall–Kier alpha value is -2.43. The van der Waals surface area contributed by atoms with Crippen molar-refractivity contribution in [3.63, 3.8) is 0 Å². The molecule has 0 amide bonds. The highest BCUT2D eigenvalue weighted by Gasteiger charge is 2.39. The van der Waals surface area contributed by atoms with Gasteiger partial charge < -0.3 is 14.7 Å². The number of benzene rings is 2. The number of aliphatic carboxylic acids is 1. The van der Waals surface area contributed by atoms with Gasteiger partial charge in [0.25, 0.3) is 0 Å². The van der Waals surface area contributed by atoms with Gasteiger partial charge in [0.15, 0.2) is 0 Å². The van der Waals surface area contributed by atoms with Crippen molar-refractivity contribution in [1.29, 1.82) is 0 Å². The molecule has 0 spiro atoms. The first-order valence-corrected chi connectivity index (χ1v) is 13.1. The number of hydrogen-bond acceptors (Lipinski definition) is 3. The van der Waals surface area contributed by atoms with Gasteiger partial charge in [-0.15, -0.1) is 0 Å². The molecule has 0 aromatic heterocycles. The molecule has 4 heteroatoms. The van der Waals surface area contributed by atoms with Gasteiger partial charge in [0, 0.05) is 18.4 Å². The summed E-state index contributed by atoms with van der Waals surface area (Å²) in [6, 6.07) is 19.9. The second-order valence-corrected chi connectivity index (χ2v) is 9.80. The van der Waals surface area contributed by atoms with Crippen LogP contribution in [-0.4, -0.2) is 41.2 Å². The minimum atomic E-state index is -0.726. The highest BCUT2D eigenvalue weighted by molar-refractivity contribution is 5.66. The summed E-state index contributed by atoms with van der Waals surface area (Å²) in [5.41, 5.74) is 3.71. The number of ether oxygens (including phenoxy) is 1. The number of hydrogen-bond donors (Lipinski definition) is 1. The SMILES string of the molecule is O=C(O)CCC=CCC[C@H]1[C@@H](OCc2ccc(-c3ccccc3)cc2)CC[C@@H]1N1CCCCC1. The largest absolute Gasteiger partial charge is 0.481 e. The summed E-state index contributed by atoms with van der Waals surface area (Å²) < 4.78 is 6.55. The van der Waals surface area contributed by atoms with Crippen LogP contribution in [0.3, 0.4) is 0 Å². The van der Waals surface area contributed by atoms with Crippen LogP contribution in [0.5, 0.6) is 0 Å². The molecule has 1 saturated carbocycles. The topological polar surface area (TPSA) is 49.8 Å². The molecule has 1 N–H and O–H groups in total. The molecule has 4 nitrogen and oxygen atoms in total. The van der Waals surface area contributed by atoms with E-state index in [1.54, 1.807) is 0 Å². The van der Waals surface area contributed by atoms with E-state index in [0.29, 0.717) is 31.1 Å². The van der Waals surface area contributed by atoms with E-state index in [4.69, 9.17) is 9.84 Å². The zero-order chi connectivity index (χ0) is 23.6. The average Bonchev–Trinajstić information content (AvgIpc) is 3.28. The number of likely N-dealkylation sites (tertiary alicyclic amines) is 1. The Morgan fingerprint density at radius 2 is 1.62 bits per heavy atom. The summed E-state index contributed by atoms with van der Waals surface area (Å²) >= 11 is 0. The standard InChI is InChI=1S/C30H39NO3/c32-30(33)14-8-2-1-7-13-27-28(31-21-9-4-10-22-31)19-20-29(27)34-23-24-15-17-26(18-16-24)25-11-5-3-6-12-25/h1-3,5-6,11-12,15-18,27-29H,4,7-10,13-14,19-23H2,(H,32,33)/t27-,28+,29+/m1/s1. The molecule has 1 aliphatic carbocycles. The first kappa shape index (κ1) is 24.7. The van der Waals surface area contributed by atoms with Crippen molar-refractivity contribution in [3.8, 4) is 11.1 Å². The smallest absolute Gasteiger partial charge is 0.303 e.